The predicted octanol–water partition coefficient (Wildman–Crippen LogP) is 5.43. The Labute approximate surface area is 237 Å². The summed E-state index contributed by atoms with van der Waals surface area (Å²) in [5.74, 6) is -0.199. The van der Waals surface area contributed by atoms with Gasteiger partial charge in [-0.05, 0) is 67.9 Å². The SMILES string of the molecule is CCOC(=O)c1ccc(-c2ccc(/C=N\NC(=O)CN(c3ccc(C)c(Cl)c3)S(=O)(=O)c3ccccc3)o2)cc1. The summed E-state index contributed by atoms with van der Waals surface area (Å²) in [5.41, 5.74) is 4.51. The molecule has 40 heavy (non-hydrogen) atoms. The summed E-state index contributed by atoms with van der Waals surface area (Å²) in [6.07, 6.45) is 1.30. The van der Waals surface area contributed by atoms with Crippen molar-refractivity contribution in [1.82, 2.24) is 5.43 Å². The topological polar surface area (TPSA) is 118 Å². The van der Waals surface area contributed by atoms with Gasteiger partial charge in [0, 0.05) is 10.6 Å². The fraction of sp³-hybridized carbons (Fsp3) is 0.138. The molecule has 1 N–H and O–H groups in total. The highest BCUT2D eigenvalue weighted by atomic mass is 35.5. The van der Waals surface area contributed by atoms with Gasteiger partial charge in [0.25, 0.3) is 15.9 Å². The van der Waals surface area contributed by atoms with E-state index in [9.17, 15) is 18.0 Å². The van der Waals surface area contributed by atoms with Gasteiger partial charge >= 0.3 is 5.97 Å². The van der Waals surface area contributed by atoms with Gasteiger partial charge in [0.05, 0.1) is 29.0 Å². The Morgan fingerprint density at radius 1 is 1.02 bits per heavy atom. The summed E-state index contributed by atoms with van der Waals surface area (Å²) in [6, 6.07) is 22.7. The van der Waals surface area contributed by atoms with Crippen molar-refractivity contribution < 1.29 is 27.2 Å². The molecule has 0 bridgehead atoms. The molecular weight excluding hydrogens is 554 g/mol. The third-order valence-corrected chi connectivity index (χ3v) is 7.95. The average molecular weight is 580 g/mol. The van der Waals surface area contributed by atoms with Crippen LogP contribution in [0.5, 0.6) is 0 Å². The molecule has 1 heterocycles. The van der Waals surface area contributed by atoms with Crippen LogP contribution in [-0.4, -0.2) is 39.7 Å². The van der Waals surface area contributed by atoms with Crippen LogP contribution in [0.2, 0.25) is 5.02 Å². The molecule has 4 aromatic rings. The molecule has 1 amide bonds. The molecule has 0 aliphatic carbocycles. The number of carbonyl (C=O) groups is 2. The number of furan rings is 1. The molecule has 9 nitrogen and oxygen atoms in total. The van der Waals surface area contributed by atoms with Crippen molar-refractivity contribution in [2.75, 3.05) is 17.5 Å². The average Bonchev–Trinajstić information content (AvgIpc) is 3.43. The van der Waals surface area contributed by atoms with Crippen molar-refractivity contribution in [2.24, 2.45) is 5.10 Å². The van der Waals surface area contributed by atoms with Gasteiger partial charge in [-0.2, -0.15) is 5.10 Å². The fourth-order valence-electron chi connectivity index (χ4n) is 3.67. The molecule has 0 saturated heterocycles. The third kappa shape index (κ3) is 6.77. The summed E-state index contributed by atoms with van der Waals surface area (Å²) in [7, 11) is -4.08. The number of halogens is 1. The number of amides is 1. The third-order valence-electron chi connectivity index (χ3n) is 5.75. The van der Waals surface area contributed by atoms with Crippen LogP contribution in [0.25, 0.3) is 11.3 Å². The number of ether oxygens (including phenoxy) is 1. The lowest BCUT2D eigenvalue weighted by molar-refractivity contribution is -0.119. The molecule has 0 fully saturated rings. The fourth-order valence-corrected chi connectivity index (χ4v) is 5.28. The highest BCUT2D eigenvalue weighted by molar-refractivity contribution is 7.92. The molecule has 206 valence electrons. The highest BCUT2D eigenvalue weighted by Gasteiger charge is 2.27. The van der Waals surface area contributed by atoms with Crippen LogP contribution < -0.4 is 9.73 Å². The molecule has 0 saturated carbocycles. The maximum absolute atomic E-state index is 13.4. The molecule has 0 unspecified atom stereocenters. The van der Waals surface area contributed by atoms with E-state index in [1.807, 2.05) is 0 Å². The first-order chi connectivity index (χ1) is 19.2. The minimum Gasteiger partial charge on any atom is -0.462 e. The van der Waals surface area contributed by atoms with Gasteiger partial charge in [0.2, 0.25) is 0 Å². The number of hydrogen-bond donors (Lipinski definition) is 1. The van der Waals surface area contributed by atoms with E-state index in [-0.39, 0.29) is 10.6 Å². The Hall–Kier alpha value is -4.41. The molecule has 0 spiro atoms. The molecule has 0 aliphatic rings. The van der Waals surface area contributed by atoms with E-state index in [4.69, 9.17) is 20.8 Å². The maximum atomic E-state index is 13.4. The Morgan fingerprint density at radius 3 is 2.42 bits per heavy atom. The number of esters is 1. The van der Waals surface area contributed by atoms with Gasteiger partial charge in [-0.1, -0.05) is 48.0 Å². The van der Waals surface area contributed by atoms with Gasteiger partial charge in [-0.15, -0.1) is 0 Å². The van der Waals surface area contributed by atoms with Gasteiger partial charge in [0.1, 0.15) is 18.1 Å². The van der Waals surface area contributed by atoms with Crippen molar-refractivity contribution >= 4 is 45.4 Å². The summed E-state index contributed by atoms with van der Waals surface area (Å²) < 4.78 is 38.5. The van der Waals surface area contributed by atoms with E-state index in [0.717, 1.165) is 15.4 Å². The van der Waals surface area contributed by atoms with Crippen molar-refractivity contribution in [3.63, 3.8) is 0 Å². The maximum Gasteiger partial charge on any atom is 0.338 e. The summed E-state index contributed by atoms with van der Waals surface area (Å²) in [6.45, 7) is 3.29. The minimum atomic E-state index is -4.08. The standard InChI is InChI=1S/C29H26ClN3O6S/c1-3-38-29(35)22-12-10-21(11-13-22)27-16-15-24(39-27)18-31-32-28(34)19-33(23-14-9-20(2)26(30)17-23)40(36,37)25-7-5-4-6-8-25/h4-18H,3,19H2,1-2H3,(H,32,34)/b31-18-. The minimum absolute atomic E-state index is 0.0291. The number of carbonyl (C=O) groups excluding carboxylic acids is 2. The Bertz CT molecular complexity index is 1630. The number of aryl methyl sites for hydroxylation is 1. The normalized spacial score (nSPS) is 11.4. The Kier molecular flexibility index (Phi) is 9.03. The molecule has 0 aliphatic heterocycles. The zero-order valence-electron chi connectivity index (χ0n) is 21.7. The quantitative estimate of drug-likeness (QED) is 0.152. The van der Waals surface area contributed by atoms with Crippen LogP contribution in [0, 0.1) is 6.92 Å². The number of sulfonamides is 1. The van der Waals surface area contributed by atoms with Crippen molar-refractivity contribution in [1.29, 1.82) is 0 Å². The van der Waals surface area contributed by atoms with Crippen LogP contribution in [0.3, 0.4) is 0 Å². The number of rotatable bonds is 10. The van der Waals surface area contributed by atoms with Gasteiger partial charge in [-0.25, -0.2) is 18.6 Å². The summed E-state index contributed by atoms with van der Waals surface area (Å²) in [5, 5.41) is 4.28. The lowest BCUT2D eigenvalue weighted by atomic mass is 10.1. The van der Waals surface area contributed by atoms with Crippen LogP contribution in [-0.2, 0) is 19.6 Å². The van der Waals surface area contributed by atoms with Crippen LogP contribution in [0.15, 0.2) is 99.3 Å². The summed E-state index contributed by atoms with van der Waals surface area (Å²) in [4.78, 5) is 24.6. The van der Waals surface area contributed by atoms with E-state index in [0.29, 0.717) is 28.7 Å². The molecule has 3 aromatic carbocycles. The highest BCUT2D eigenvalue weighted by Crippen LogP contribution is 2.28. The molecule has 0 atom stereocenters. The lowest BCUT2D eigenvalue weighted by Crippen LogP contribution is -2.39. The smallest absolute Gasteiger partial charge is 0.338 e. The molecular formula is C29H26ClN3O6S. The van der Waals surface area contributed by atoms with E-state index < -0.39 is 28.4 Å². The van der Waals surface area contributed by atoms with Crippen LogP contribution in [0.1, 0.15) is 28.6 Å². The number of benzene rings is 3. The lowest BCUT2D eigenvalue weighted by Gasteiger charge is -2.24. The van der Waals surface area contributed by atoms with Gasteiger partial charge < -0.3 is 9.15 Å². The number of anilines is 1. The Balaban J connectivity index is 1.46. The van der Waals surface area contributed by atoms with Crippen molar-refractivity contribution in [2.45, 2.75) is 18.7 Å². The number of hydrogen-bond acceptors (Lipinski definition) is 7. The van der Waals surface area contributed by atoms with Crippen molar-refractivity contribution in [3.05, 3.63) is 107 Å². The molecule has 11 heteroatoms. The Morgan fingerprint density at radius 2 is 1.75 bits per heavy atom. The van der Waals surface area contributed by atoms with Crippen LogP contribution >= 0.6 is 11.6 Å². The largest absolute Gasteiger partial charge is 0.462 e. The van der Waals surface area contributed by atoms with Crippen LogP contribution in [0.4, 0.5) is 5.69 Å². The second-order valence-electron chi connectivity index (χ2n) is 8.55. The number of nitrogens with zero attached hydrogens (tertiary/aromatic N) is 2. The van der Waals surface area contributed by atoms with Crippen molar-refractivity contribution in [3.8, 4) is 11.3 Å². The van der Waals surface area contributed by atoms with Gasteiger partial charge in [-0.3, -0.25) is 9.10 Å². The zero-order valence-corrected chi connectivity index (χ0v) is 23.3. The van der Waals surface area contributed by atoms with Gasteiger partial charge in [0.15, 0.2) is 0 Å². The predicted molar refractivity (Wildman–Crippen MR) is 153 cm³/mol. The number of nitrogens with one attached hydrogen (secondary N) is 1. The van der Waals surface area contributed by atoms with E-state index >= 15 is 0 Å². The second-order valence-corrected chi connectivity index (χ2v) is 10.8. The van der Waals surface area contributed by atoms with E-state index in [2.05, 4.69) is 10.5 Å². The first kappa shape index (κ1) is 28.6. The zero-order chi connectivity index (χ0) is 28.7. The molecule has 1 aromatic heterocycles. The first-order valence-electron chi connectivity index (χ1n) is 12.2. The molecule has 4 rings (SSSR count). The monoisotopic (exact) mass is 579 g/mol. The summed E-state index contributed by atoms with van der Waals surface area (Å²) >= 11 is 6.25. The van der Waals surface area contributed by atoms with E-state index in [1.165, 1.54) is 24.4 Å². The molecule has 0 radical (unpaired) electrons. The first-order valence-corrected chi connectivity index (χ1v) is 14.0. The van der Waals surface area contributed by atoms with E-state index in [1.54, 1.807) is 80.6 Å². The number of hydrazone groups is 1. The second kappa shape index (κ2) is 12.6.